The number of H-pyrrole nitrogens is 1. The maximum absolute atomic E-state index is 12.1. The molecule has 0 saturated heterocycles. The predicted octanol–water partition coefficient (Wildman–Crippen LogP) is 4.09. The number of hydrogen-bond donors (Lipinski definition) is 3. The summed E-state index contributed by atoms with van der Waals surface area (Å²) in [7, 11) is 0. The monoisotopic (exact) mass is 525 g/mol. The molecule has 0 atom stereocenters. The Balaban J connectivity index is 1.44. The van der Waals surface area contributed by atoms with Gasteiger partial charge in [0.2, 0.25) is 5.91 Å². The van der Waals surface area contributed by atoms with Crippen molar-refractivity contribution in [2.24, 2.45) is 0 Å². The highest BCUT2D eigenvalue weighted by Crippen LogP contribution is 2.31. The zero-order valence-electron chi connectivity index (χ0n) is 22.2. The minimum absolute atomic E-state index is 0.0199. The largest absolute Gasteiger partial charge is 0.484 e. The normalized spacial score (nSPS) is 12.7. The fraction of sp³-hybridized carbons (Fsp3) is 0.276. The van der Waals surface area contributed by atoms with Gasteiger partial charge in [0.25, 0.3) is 5.91 Å². The van der Waals surface area contributed by atoms with Gasteiger partial charge in [0.15, 0.2) is 12.4 Å². The lowest BCUT2D eigenvalue weighted by atomic mass is 10.0. The summed E-state index contributed by atoms with van der Waals surface area (Å²) < 4.78 is 5.72. The molecule has 0 saturated carbocycles. The van der Waals surface area contributed by atoms with Crippen molar-refractivity contribution in [3.05, 3.63) is 72.2 Å². The molecule has 0 unspecified atom stereocenters. The van der Waals surface area contributed by atoms with Gasteiger partial charge >= 0.3 is 0 Å². The van der Waals surface area contributed by atoms with Crippen LogP contribution < -0.4 is 15.4 Å². The predicted molar refractivity (Wildman–Crippen MR) is 148 cm³/mol. The molecule has 1 aliphatic rings. The highest BCUT2D eigenvalue weighted by atomic mass is 16.5. The molecule has 3 N–H and O–H groups in total. The van der Waals surface area contributed by atoms with Crippen molar-refractivity contribution in [3.63, 3.8) is 0 Å². The zero-order chi connectivity index (χ0) is 27.4. The van der Waals surface area contributed by atoms with E-state index in [4.69, 9.17) is 14.7 Å². The van der Waals surface area contributed by atoms with E-state index in [1.165, 1.54) is 0 Å². The second-order valence-corrected chi connectivity index (χ2v) is 9.74. The number of benzene rings is 2. The fourth-order valence-electron chi connectivity index (χ4n) is 4.44. The van der Waals surface area contributed by atoms with Crippen LogP contribution >= 0.6 is 0 Å². The van der Waals surface area contributed by atoms with Crippen LogP contribution in [-0.4, -0.2) is 56.1 Å². The van der Waals surface area contributed by atoms with E-state index in [0.29, 0.717) is 36.9 Å². The number of aromatic nitrogens is 4. The van der Waals surface area contributed by atoms with Crippen molar-refractivity contribution >= 4 is 23.3 Å². The highest BCUT2D eigenvalue weighted by molar-refractivity contribution is 5.78. The fourth-order valence-corrected chi connectivity index (χ4v) is 4.44. The average molecular weight is 526 g/mol. The van der Waals surface area contributed by atoms with Gasteiger partial charge in [-0.05, 0) is 43.7 Å². The van der Waals surface area contributed by atoms with Gasteiger partial charge in [0, 0.05) is 54.5 Å². The van der Waals surface area contributed by atoms with Crippen LogP contribution in [0.4, 0.5) is 11.5 Å². The Kier molecular flexibility index (Phi) is 7.53. The molecule has 0 radical (unpaired) electrons. The first-order valence-electron chi connectivity index (χ1n) is 12.9. The maximum atomic E-state index is 12.1. The molecule has 4 aromatic rings. The molecule has 0 aliphatic carbocycles. The first-order chi connectivity index (χ1) is 18.9. The number of aromatic amines is 1. The zero-order valence-corrected chi connectivity index (χ0v) is 22.2. The van der Waals surface area contributed by atoms with Gasteiger partial charge in [-0.1, -0.05) is 24.3 Å². The highest BCUT2D eigenvalue weighted by Gasteiger charge is 2.24. The van der Waals surface area contributed by atoms with Gasteiger partial charge < -0.3 is 20.3 Å². The Morgan fingerprint density at radius 2 is 1.90 bits per heavy atom. The summed E-state index contributed by atoms with van der Waals surface area (Å²) in [6.07, 6.45) is 4.25. The molecular formula is C29H31N7O3. The Bertz CT molecular complexity index is 1470. The van der Waals surface area contributed by atoms with Crippen molar-refractivity contribution < 1.29 is 14.3 Å². The molecule has 5 rings (SSSR count). The lowest BCUT2D eigenvalue weighted by Crippen LogP contribution is -2.35. The van der Waals surface area contributed by atoms with Gasteiger partial charge in [-0.3, -0.25) is 14.7 Å². The Hall–Kier alpha value is -4.73. The summed E-state index contributed by atoms with van der Waals surface area (Å²) >= 11 is 0. The van der Waals surface area contributed by atoms with Crippen LogP contribution in [0.5, 0.6) is 5.75 Å². The second-order valence-electron chi connectivity index (χ2n) is 9.74. The summed E-state index contributed by atoms with van der Waals surface area (Å²) in [6, 6.07) is 15.4. The number of nitrogens with zero attached hydrogens (tertiary/aromatic N) is 4. The first-order valence-corrected chi connectivity index (χ1v) is 12.9. The summed E-state index contributed by atoms with van der Waals surface area (Å²) in [5, 5.41) is 13.1. The molecule has 3 heterocycles. The van der Waals surface area contributed by atoms with Gasteiger partial charge in [-0.15, -0.1) is 0 Å². The number of amides is 2. The molecule has 0 fully saturated rings. The third-order valence-corrected chi connectivity index (χ3v) is 6.40. The second kappa shape index (κ2) is 11.3. The van der Waals surface area contributed by atoms with Crippen molar-refractivity contribution in [3.8, 4) is 28.3 Å². The third-order valence-electron chi connectivity index (χ3n) is 6.40. The van der Waals surface area contributed by atoms with Crippen LogP contribution in [0.25, 0.3) is 22.5 Å². The van der Waals surface area contributed by atoms with Gasteiger partial charge in [-0.25, -0.2) is 9.97 Å². The summed E-state index contributed by atoms with van der Waals surface area (Å²) in [6.45, 7) is 6.35. The number of carbonyl (C=O) groups excluding carboxylic acids is 2. The van der Waals surface area contributed by atoms with Gasteiger partial charge in [-0.2, -0.15) is 5.10 Å². The molecule has 39 heavy (non-hydrogen) atoms. The average Bonchev–Trinajstić information content (AvgIpc) is 3.47. The number of fused-ring (bicyclic) bond motifs is 1. The quantitative estimate of drug-likeness (QED) is 0.316. The van der Waals surface area contributed by atoms with Crippen LogP contribution in [-0.2, 0) is 22.6 Å². The number of hydrogen-bond acceptors (Lipinski definition) is 7. The molecule has 2 aromatic carbocycles. The summed E-state index contributed by atoms with van der Waals surface area (Å²) in [4.78, 5) is 35.7. The van der Waals surface area contributed by atoms with Gasteiger partial charge in [0.05, 0.1) is 18.4 Å². The number of carbonyl (C=O) groups is 2. The van der Waals surface area contributed by atoms with E-state index >= 15 is 0 Å². The van der Waals surface area contributed by atoms with E-state index in [0.717, 1.165) is 33.6 Å². The molecule has 2 amide bonds. The van der Waals surface area contributed by atoms with E-state index in [1.54, 1.807) is 24.1 Å². The molecule has 0 spiro atoms. The van der Waals surface area contributed by atoms with E-state index in [-0.39, 0.29) is 24.5 Å². The van der Waals surface area contributed by atoms with E-state index in [1.807, 2.05) is 62.5 Å². The molecule has 1 aliphatic heterocycles. The minimum Gasteiger partial charge on any atom is -0.484 e. The Morgan fingerprint density at radius 1 is 1.08 bits per heavy atom. The molecular weight excluding hydrogens is 494 g/mol. The van der Waals surface area contributed by atoms with Crippen LogP contribution in [0.15, 0.2) is 60.9 Å². The summed E-state index contributed by atoms with van der Waals surface area (Å²) in [5.74, 6) is 1.59. The molecule has 2 aromatic heterocycles. The van der Waals surface area contributed by atoms with Crippen LogP contribution in [0.1, 0.15) is 32.0 Å². The maximum Gasteiger partial charge on any atom is 0.258 e. The number of nitrogens with one attached hydrogen (secondary N) is 3. The SMILES string of the molecule is CC(=O)N1CCc2nc(-c3cccc(OCC(=O)NC(C)C)c3)nc(Nc3ccc(-c4cn[nH]c4)cc3)c2C1. The van der Waals surface area contributed by atoms with E-state index < -0.39 is 0 Å². The number of ether oxygens (including phenoxy) is 1. The van der Waals surface area contributed by atoms with Crippen molar-refractivity contribution in [1.82, 2.24) is 30.4 Å². The molecule has 200 valence electrons. The van der Waals surface area contributed by atoms with Crippen molar-refractivity contribution in [2.75, 3.05) is 18.5 Å². The van der Waals surface area contributed by atoms with E-state index in [2.05, 4.69) is 20.8 Å². The Labute approximate surface area is 226 Å². The van der Waals surface area contributed by atoms with E-state index in [9.17, 15) is 9.59 Å². The lowest BCUT2D eigenvalue weighted by molar-refractivity contribution is -0.129. The first kappa shape index (κ1) is 25.9. The molecule has 10 heteroatoms. The minimum atomic E-state index is -0.180. The van der Waals surface area contributed by atoms with Crippen LogP contribution in [0, 0.1) is 0 Å². The number of rotatable bonds is 8. The number of anilines is 2. The molecule has 10 nitrogen and oxygen atoms in total. The third kappa shape index (κ3) is 6.23. The van der Waals surface area contributed by atoms with Gasteiger partial charge in [0.1, 0.15) is 11.6 Å². The molecule has 0 bridgehead atoms. The lowest BCUT2D eigenvalue weighted by Gasteiger charge is -2.29. The van der Waals surface area contributed by atoms with Crippen molar-refractivity contribution in [2.45, 2.75) is 39.8 Å². The smallest absolute Gasteiger partial charge is 0.258 e. The van der Waals surface area contributed by atoms with Crippen LogP contribution in [0.2, 0.25) is 0 Å². The Morgan fingerprint density at radius 3 is 2.62 bits per heavy atom. The standard InChI is InChI=1S/C29H31N7O3/c1-18(2)32-27(38)17-39-24-6-4-5-21(13-24)28-34-26-11-12-36(19(3)37)16-25(26)29(35-28)33-23-9-7-20(8-10-23)22-14-30-31-15-22/h4-10,13-15,18H,11-12,16-17H2,1-3H3,(H,30,31)(H,32,38)(H,33,34,35). The van der Waals surface area contributed by atoms with Crippen molar-refractivity contribution in [1.29, 1.82) is 0 Å². The topological polar surface area (TPSA) is 125 Å². The van der Waals surface area contributed by atoms with Crippen LogP contribution in [0.3, 0.4) is 0 Å². The summed E-state index contributed by atoms with van der Waals surface area (Å²) in [5.41, 5.74) is 5.48.